The van der Waals surface area contributed by atoms with Gasteiger partial charge < -0.3 is 9.73 Å². The maximum Gasteiger partial charge on any atom is 0.277 e. The smallest absolute Gasteiger partial charge is 0.277 e. The molecule has 0 aliphatic heterocycles. The van der Waals surface area contributed by atoms with Gasteiger partial charge in [-0.05, 0) is 18.1 Å². The number of non-ortho nitro benzene ring substituents is 1. The number of nitrogens with zero attached hydrogens (tertiary/aromatic N) is 3. The molecular weight excluding hydrogens is 368 g/mol. The van der Waals surface area contributed by atoms with E-state index in [4.69, 9.17) is 4.42 Å². The predicted molar refractivity (Wildman–Crippen MR) is 100 cm³/mol. The lowest BCUT2D eigenvalue weighted by Gasteiger charge is -2.04. The van der Waals surface area contributed by atoms with Crippen molar-refractivity contribution in [1.29, 1.82) is 0 Å². The van der Waals surface area contributed by atoms with Crippen LogP contribution >= 0.6 is 11.8 Å². The van der Waals surface area contributed by atoms with Crippen LogP contribution in [-0.4, -0.2) is 33.3 Å². The number of nitro groups is 1. The number of aromatic nitrogens is 2. The molecule has 0 fully saturated rings. The van der Waals surface area contributed by atoms with Crippen molar-refractivity contribution in [3.05, 3.63) is 70.3 Å². The molecule has 0 radical (unpaired) electrons. The third-order valence-corrected chi connectivity index (χ3v) is 4.43. The number of carbonyl (C=O) groups is 1. The Morgan fingerprint density at radius 3 is 2.74 bits per heavy atom. The molecule has 1 heterocycles. The van der Waals surface area contributed by atoms with Crippen molar-refractivity contribution in [3.8, 4) is 11.5 Å². The second-order valence-corrected chi connectivity index (χ2v) is 6.48. The van der Waals surface area contributed by atoms with Crippen LogP contribution < -0.4 is 5.32 Å². The number of nitrogens with one attached hydrogen (secondary N) is 1. The zero-order valence-corrected chi connectivity index (χ0v) is 15.0. The molecular formula is C18H16N4O4S. The summed E-state index contributed by atoms with van der Waals surface area (Å²) in [7, 11) is 0. The van der Waals surface area contributed by atoms with E-state index >= 15 is 0 Å². The summed E-state index contributed by atoms with van der Waals surface area (Å²) in [4.78, 5) is 22.2. The highest BCUT2D eigenvalue weighted by atomic mass is 32.2. The SMILES string of the molecule is O=C(CSc1nnc(-c2cccc([N+](=O)[O-])c2)o1)NCCc1ccccc1. The summed E-state index contributed by atoms with van der Waals surface area (Å²) < 4.78 is 5.47. The van der Waals surface area contributed by atoms with Crippen molar-refractivity contribution in [2.75, 3.05) is 12.3 Å². The van der Waals surface area contributed by atoms with Crippen molar-refractivity contribution in [2.24, 2.45) is 0 Å². The van der Waals surface area contributed by atoms with Gasteiger partial charge in [0.25, 0.3) is 10.9 Å². The lowest BCUT2D eigenvalue weighted by Crippen LogP contribution is -2.27. The van der Waals surface area contributed by atoms with Gasteiger partial charge in [-0.3, -0.25) is 14.9 Å². The number of nitro benzene ring substituents is 1. The van der Waals surface area contributed by atoms with Crippen LogP contribution in [0.25, 0.3) is 11.5 Å². The predicted octanol–water partition coefficient (Wildman–Crippen LogP) is 3.10. The van der Waals surface area contributed by atoms with Crippen LogP contribution in [0.4, 0.5) is 5.69 Å². The van der Waals surface area contributed by atoms with Crippen LogP contribution in [0, 0.1) is 10.1 Å². The van der Waals surface area contributed by atoms with E-state index in [0.717, 1.165) is 23.7 Å². The first kappa shape index (κ1) is 18.6. The monoisotopic (exact) mass is 384 g/mol. The Balaban J connectivity index is 1.48. The van der Waals surface area contributed by atoms with E-state index < -0.39 is 4.92 Å². The summed E-state index contributed by atoms with van der Waals surface area (Å²) >= 11 is 1.11. The number of hydrogen-bond acceptors (Lipinski definition) is 7. The highest BCUT2D eigenvalue weighted by Gasteiger charge is 2.14. The number of rotatable bonds is 8. The van der Waals surface area contributed by atoms with Gasteiger partial charge in [-0.1, -0.05) is 48.2 Å². The lowest BCUT2D eigenvalue weighted by molar-refractivity contribution is -0.384. The minimum atomic E-state index is -0.491. The van der Waals surface area contributed by atoms with Crippen molar-refractivity contribution in [3.63, 3.8) is 0 Å². The van der Waals surface area contributed by atoms with Gasteiger partial charge in [-0.25, -0.2) is 0 Å². The van der Waals surface area contributed by atoms with Gasteiger partial charge in [0, 0.05) is 24.2 Å². The average Bonchev–Trinajstić information content (AvgIpc) is 3.16. The topological polar surface area (TPSA) is 111 Å². The van der Waals surface area contributed by atoms with Crippen molar-refractivity contribution >= 4 is 23.4 Å². The van der Waals surface area contributed by atoms with E-state index in [-0.39, 0.29) is 28.5 Å². The fraction of sp³-hybridized carbons (Fsp3) is 0.167. The standard InChI is InChI=1S/C18H16N4O4S/c23-16(19-10-9-13-5-2-1-3-6-13)12-27-18-21-20-17(26-18)14-7-4-8-15(11-14)22(24)25/h1-8,11H,9-10,12H2,(H,19,23). The second kappa shape index (κ2) is 8.95. The highest BCUT2D eigenvalue weighted by molar-refractivity contribution is 7.99. The molecule has 0 saturated heterocycles. The molecule has 0 atom stereocenters. The van der Waals surface area contributed by atoms with Gasteiger partial charge in [-0.15, -0.1) is 10.2 Å². The first-order valence-corrected chi connectivity index (χ1v) is 9.12. The summed E-state index contributed by atoms with van der Waals surface area (Å²) in [5.74, 6) is 0.183. The average molecular weight is 384 g/mol. The Kier molecular flexibility index (Phi) is 6.16. The Bertz CT molecular complexity index is 930. The minimum Gasteiger partial charge on any atom is -0.411 e. The fourth-order valence-corrected chi connectivity index (χ4v) is 2.90. The number of carbonyl (C=O) groups excluding carboxylic acids is 1. The van der Waals surface area contributed by atoms with Crippen molar-refractivity contribution in [1.82, 2.24) is 15.5 Å². The normalized spacial score (nSPS) is 10.5. The van der Waals surface area contributed by atoms with E-state index in [0.29, 0.717) is 12.1 Å². The first-order chi connectivity index (χ1) is 13.1. The molecule has 0 spiro atoms. The maximum absolute atomic E-state index is 11.9. The van der Waals surface area contributed by atoms with Crippen LogP contribution in [0.5, 0.6) is 0 Å². The second-order valence-electron chi connectivity index (χ2n) is 5.55. The molecule has 1 aromatic heterocycles. The van der Waals surface area contributed by atoms with Gasteiger partial charge in [-0.2, -0.15) is 0 Å². The van der Waals surface area contributed by atoms with Crippen LogP contribution in [0.1, 0.15) is 5.56 Å². The van der Waals surface area contributed by atoms with Gasteiger partial charge in [0.15, 0.2) is 0 Å². The van der Waals surface area contributed by atoms with E-state index in [2.05, 4.69) is 15.5 Å². The zero-order chi connectivity index (χ0) is 19.1. The van der Waals surface area contributed by atoms with Gasteiger partial charge in [0.05, 0.1) is 10.7 Å². The molecule has 0 unspecified atom stereocenters. The molecule has 8 nitrogen and oxygen atoms in total. The first-order valence-electron chi connectivity index (χ1n) is 8.13. The van der Waals surface area contributed by atoms with Crippen LogP contribution in [0.2, 0.25) is 0 Å². The van der Waals surface area contributed by atoms with Crippen LogP contribution in [-0.2, 0) is 11.2 Å². The summed E-state index contributed by atoms with van der Waals surface area (Å²) in [6.07, 6.45) is 0.759. The number of benzene rings is 2. The van der Waals surface area contributed by atoms with Gasteiger partial charge >= 0.3 is 0 Å². The number of hydrogen-bond donors (Lipinski definition) is 1. The summed E-state index contributed by atoms with van der Waals surface area (Å²) in [6, 6.07) is 15.8. The summed E-state index contributed by atoms with van der Waals surface area (Å²) in [5, 5.41) is 21.6. The largest absolute Gasteiger partial charge is 0.411 e. The molecule has 3 aromatic rings. The molecule has 0 saturated carbocycles. The molecule has 1 N–H and O–H groups in total. The van der Waals surface area contributed by atoms with Crippen LogP contribution in [0.15, 0.2) is 64.2 Å². The van der Waals surface area contributed by atoms with E-state index in [1.807, 2.05) is 30.3 Å². The van der Waals surface area contributed by atoms with Crippen molar-refractivity contribution < 1.29 is 14.1 Å². The highest BCUT2D eigenvalue weighted by Crippen LogP contribution is 2.25. The van der Waals surface area contributed by atoms with Gasteiger partial charge in [0.1, 0.15) is 0 Å². The molecule has 0 aliphatic rings. The third kappa shape index (κ3) is 5.38. The van der Waals surface area contributed by atoms with E-state index in [1.54, 1.807) is 12.1 Å². The van der Waals surface area contributed by atoms with Crippen molar-refractivity contribution in [2.45, 2.75) is 11.6 Å². The summed E-state index contributed by atoms with van der Waals surface area (Å²) in [5.41, 5.74) is 1.55. The maximum atomic E-state index is 11.9. The van der Waals surface area contributed by atoms with E-state index in [1.165, 1.54) is 12.1 Å². The molecule has 27 heavy (non-hydrogen) atoms. The Hall–Kier alpha value is -3.20. The molecule has 1 amide bonds. The summed E-state index contributed by atoms with van der Waals surface area (Å²) in [6.45, 7) is 0.548. The Morgan fingerprint density at radius 1 is 1.15 bits per heavy atom. The molecule has 2 aromatic carbocycles. The number of thioether (sulfide) groups is 1. The fourth-order valence-electron chi connectivity index (χ4n) is 2.31. The molecule has 3 rings (SSSR count). The van der Waals surface area contributed by atoms with E-state index in [9.17, 15) is 14.9 Å². The third-order valence-electron chi connectivity index (χ3n) is 3.62. The minimum absolute atomic E-state index is 0.0577. The van der Waals surface area contributed by atoms with Crippen LogP contribution in [0.3, 0.4) is 0 Å². The molecule has 0 aliphatic carbocycles. The molecule has 9 heteroatoms. The molecule has 0 bridgehead atoms. The lowest BCUT2D eigenvalue weighted by atomic mass is 10.1. The molecule has 138 valence electrons. The quantitative estimate of drug-likeness (QED) is 0.361. The Morgan fingerprint density at radius 2 is 1.96 bits per heavy atom. The Labute approximate surface area is 159 Å². The number of amides is 1. The zero-order valence-electron chi connectivity index (χ0n) is 14.2. The van der Waals surface area contributed by atoms with Gasteiger partial charge in [0.2, 0.25) is 11.8 Å².